The minimum absolute atomic E-state index is 0.266. The van der Waals surface area contributed by atoms with Crippen LogP contribution in [-0.4, -0.2) is 30.8 Å². The molecule has 0 radical (unpaired) electrons. The summed E-state index contributed by atoms with van der Waals surface area (Å²) in [5.74, 6) is -0.645. The summed E-state index contributed by atoms with van der Waals surface area (Å²) in [7, 11) is 1.35. The van der Waals surface area contributed by atoms with Crippen molar-refractivity contribution in [3.63, 3.8) is 0 Å². The number of esters is 1. The number of carbonyl (C=O) groups excluding carboxylic acids is 2. The van der Waals surface area contributed by atoms with Crippen molar-refractivity contribution >= 4 is 12.1 Å². The number of amides is 1. The molecular formula is C13H21NO4. The second-order valence-corrected chi connectivity index (χ2v) is 5.33. The summed E-state index contributed by atoms with van der Waals surface area (Å²) in [5.41, 5.74) is -0.546. The maximum Gasteiger partial charge on any atom is 0.407 e. The molecule has 18 heavy (non-hydrogen) atoms. The molecule has 5 heteroatoms. The summed E-state index contributed by atoms with van der Waals surface area (Å²) in [6.45, 7) is 5.39. The molecule has 0 saturated heterocycles. The van der Waals surface area contributed by atoms with E-state index < -0.39 is 11.7 Å². The average Bonchev–Trinajstić information content (AvgIpc) is 2.26. The second kappa shape index (κ2) is 5.89. The molecular weight excluding hydrogens is 234 g/mol. The monoisotopic (exact) mass is 255 g/mol. The minimum atomic E-state index is -0.546. The normalized spacial score (nSPS) is 23.3. The van der Waals surface area contributed by atoms with Crippen molar-refractivity contribution in [2.45, 2.75) is 45.3 Å². The zero-order valence-electron chi connectivity index (χ0n) is 11.4. The first-order valence-electron chi connectivity index (χ1n) is 6.06. The first kappa shape index (κ1) is 14.5. The smallest absolute Gasteiger partial charge is 0.407 e. The largest absolute Gasteiger partial charge is 0.469 e. The number of carbonyl (C=O) groups is 2. The topological polar surface area (TPSA) is 64.6 Å². The van der Waals surface area contributed by atoms with Gasteiger partial charge in [-0.25, -0.2) is 4.79 Å². The maximum atomic E-state index is 11.7. The van der Waals surface area contributed by atoms with Crippen molar-refractivity contribution in [1.29, 1.82) is 0 Å². The van der Waals surface area contributed by atoms with Crippen molar-refractivity contribution in [2.24, 2.45) is 5.92 Å². The van der Waals surface area contributed by atoms with Gasteiger partial charge in [-0.3, -0.25) is 4.79 Å². The van der Waals surface area contributed by atoms with E-state index in [1.807, 2.05) is 12.2 Å². The van der Waals surface area contributed by atoms with E-state index in [0.29, 0.717) is 12.8 Å². The third-order valence-electron chi connectivity index (χ3n) is 2.64. The summed E-state index contributed by atoms with van der Waals surface area (Å²) < 4.78 is 9.91. The second-order valence-electron chi connectivity index (χ2n) is 5.33. The summed E-state index contributed by atoms with van der Waals surface area (Å²) in [6, 6.07) is -0.266. The van der Waals surface area contributed by atoms with Crippen LogP contribution in [-0.2, 0) is 14.3 Å². The number of methoxy groups -OCH3 is 1. The Morgan fingerprint density at radius 2 is 1.83 bits per heavy atom. The van der Waals surface area contributed by atoms with Gasteiger partial charge in [0, 0.05) is 6.04 Å². The molecule has 0 heterocycles. The van der Waals surface area contributed by atoms with E-state index in [9.17, 15) is 9.59 Å². The number of rotatable bonds is 2. The van der Waals surface area contributed by atoms with Gasteiger partial charge in [-0.15, -0.1) is 0 Å². The lowest BCUT2D eigenvalue weighted by Gasteiger charge is -2.28. The van der Waals surface area contributed by atoms with Gasteiger partial charge >= 0.3 is 12.1 Å². The summed E-state index contributed by atoms with van der Waals surface area (Å²) in [5, 5.41) is 2.73. The molecule has 1 N–H and O–H groups in total. The summed E-state index contributed by atoms with van der Waals surface area (Å²) in [6.07, 6.45) is 4.55. The highest BCUT2D eigenvalue weighted by atomic mass is 16.6. The van der Waals surface area contributed by atoms with E-state index >= 15 is 0 Å². The van der Waals surface area contributed by atoms with Gasteiger partial charge in [-0.05, 0) is 33.6 Å². The molecule has 0 bridgehead atoms. The average molecular weight is 255 g/mol. The van der Waals surface area contributed by atoms with Gasteiger partial charge in [0.05, 0.1) is 13.0 Å². The van der Waals surface area contributed by atoms with E-state index in [-0.39, 0.29) is 17.9 Å². The molecule has 2 atom stereocenters. The van der Waals surface area contributed by atoms with Crippen molar-refractivity contribution < 1.29 is 19.1 Å². The van der Waals surface area contributed by atoms with Gasteiger partial charge in [0.25, 0.3) is 0 Å². The number of allylic oxidation sites excluding steroid dienone is 1. The van der Waals surface area contributed by atoms with E-state index in [1.54, 1.807) is 20.8 Å². The molecule has 0 aromatic carbocycles. The molecule has 0 spiro atoms. The van der Waals surface area contributed by atoms with Crippen LogP contribution in [0.1, 0.15) is 33.6 Å². The lowest BCUT2D eigenvalue weighted by Crippen LogP contribution is -2.46. The highest BCUT2D eigenvalue weighted by Crippen LogP contribution is 2.21. The van der Waals surface area contributed by atoms with Crippen LogP contribution in [0.3, 0.4) is 0 Å². The number of alkyl carbamates (subject to hydrolysis) is 1. The first-order chi connectivity index (χ1) is 8.33. The number of hydrogen-bond acceptors (Lipinski definition) is 4. The molecule has 1 rings (SSSR count). The van der Waals surface area contributed by atoms with Crippen LogP contribution in [0.2, 0.25) is 0 Å². The van der Waals surface area contributed by atoms with Crippen LogP contribution in [0.15, 0.2) is 12.2 Å². The van der Waals surface area contributed by atoms with Gasteiger partial charge in [0.2, 0.25) is 0 Å². The summed E-state index contributed by atoms with van der Waals surface area (Å²) in [4.78, 5) is 23.3. The molecule has 102 valence electrons. The lowest BCUT2D eigenvalue weighted by atomic mass is 9.89. The molecule has 1 amide bonds. The van der Waals surface area contributed by atoms with E-state index in [1.165, 1.54) is 7.11 Å². The zero-order chi connectivity index (χ0) is 13.8. The van der Waals surface area contributed by atoms with Crippen LogP contribution in [0.4, 0.5) is 4.79 Å². The van der Waals surface area contributed by atoms with Crippen LogP contribution >= 0.6 is 0 Å². The Bertz CT molecular complexity index is 343. The molecule has 1 aliphatic rings. The zero-order valence-corrected chi connectivity index (χ0v) is 11.4. The van der Waals surface area contributed by atoms with Gasteiger partial charge in [-0.1, -0.05) is 12.2 Å². The third kappa shape index (κ3) is 4.39. The predicted octanol–water partition coefficient (Wildman–Crippen LogP) is 2.02. The van der Waals surface area contributed by atoms with Gasteiger partial charge < -0.3 is 14.8 Å². The summed E-state index contributed by atoms with van der Waals surface area (Å²) >= 11 is 0. The highest BCUT2D eigenvalue weighted by Gasteiger charge is 2.31. The van der Waals surface area contributed by atoms with E-state index in [2.05, 4.69) is 5.32 Å². The lowest BCUT2D eigenvalue weighted by molar-refractivity contribution is -0.146. The van der Waals surface area contributed by atoms with Crippen molar-refractivity contribution in [1.82, 2.24) is 5.32 Å². The van der Waals surface area contributed by atoms with Crippen LogP contribution < -0.4 is 5.32 Å². The molecule has 0 saturated carbocycles. The Kier molecular flexibility index (Phi) is 4.76. The fraction of sp³-hybridized carbons (Fsp3) is 0.692. The minimum Gasteiger partial charge on any atom is -0.469 e. The molecule has 0 aromatic rings. The predicted molar refractivity (Wildman–Crippen MR) is 67.0 cm³/mol. The van der Waals surface area contributed by atoms with Crippen LogP contribution in [0.25, 0.3) is 0 Å². The van der Waals surface area contributed by atoms with Crippen molar-refractivity contribution in [3.8, 4) is 0 Å². The Labute approximate surface area is 108 Å². The van der Waals surface area contributed by atoms with Crippen LogP contribution in [0.5, 0.6) is 0 Å². The van der Waals surface area contributed by atoms with Crippen LogP contribution in [0, 0.1) is 5.92 Å². The molecule has 0 fully saturated rings. The Morgan fingerprint density at radius 1 is 1.22 bits per heavy atom. The van der Waals surface area contributed by atoms with Gasteiger partial charge in [0.15, 0.2) is 0 Å². The third-order valence-corrected chi connectivity index (χ3v) is 2.64. The number of hydrogen-bond donors (Lipinski definition) is 1. The Hall–Kier alpha value is -1.52. The Morgan fingerprint density at radius 3 is 2.39 bits per heavy atom. The molecule has 0 aliphatic heterocycles. The van der Waals surface area contributed by atoms with Crippen molar-refractivity contribution in [3.05, 3.63) is 12.2 Å². The van der Waals surface area contributed by atoms with E-state index in [4.69, 9.17) is 9.47 Å². The maximum absolute atomic E-state index is 11.7. The SMILES string of the molecule is COC(=O)C1CC=CCC1NC(=O)OC(C)(C)C. The number of nitrogens with one attached hydrogen (secondary N) is 1. The van der Waals surface area contributed by atoms with Gasteiger partial charge in [0.1, 0.15) is 5.60 Å². The molecule has 5 nitrogen and oxygen atoms in total. The molecule has 2 unspecified atom stereocenters. The molecule has 1 aliphatic carbocycles. The fourth-order valence-corrected chi connectivity index (χ4v) is 1.84. The quantitative estimate of drug-likeness (QED) is 0.605. The van der Waals surface area contributed by atoms with E-state index in [0.717, 1.165) is 0 Å². The van der Waals surface area contributed by atoms with Crippen molar-refractivity contribution in [2.75, 3.05) is 7.11 Å². The van der Waals surface area contributed by atoms with Gasteiger partial charge in [-0.2, -0.15) is 0 Å². The first-order valence-corrected chi connectivity index (χ1v) is 6.06. The standard InChI is InChI=1S/C13H21NO4/c1-13(2,3)18-12(16)14-10-8-6-5-7-9(10)11(15)17-4/h5-6,9-10H,7-8H2,1-4H3,(H,14,16). The highest BCUT2D eigenvalue weighted by molar-refractivity contribution is 5.75. The molecule has 0 aromatic heterocycles. The fourth-order valence-electron chi connectivity index (χ4n) is 1.84. The Balaban J connectivity index is 2.61. The number of ether oxygens (including phenoxy) is 2.